The van der Waals surface area contributed by atoms with Gasteiger partial charge in [-0.05, 0) is 6.42 Å². The van der Waals surface area contributed by atoms with Crippen molar-refractivity contribution in [3.8, 4) is 0 Å². The van der Waals surface area contributed by atoms with Crippen LogP contribution in [0.3, 0.4) is 0 Å². The van der Waals surface area contributed by atoms with Gasteiger partial charge in [0.2, 0.25) is 0 Å². The monoisotopic (exact) mass is 275 g/mol. The standard InChI is InChI=1S/C14H17N3O3/c1-3-5-20-17-12-8-16(14(17)18)10(4-2)6-11(12)13-7-15-9-19-13/h3,6-7,9-10,12H,1,4-5,8H2,2H3/t10-,12?/m1/s1. The van der Waals surface area contributed by atoms with Crippen LogP contribution in [0.1, 0.15) is 19.1 Å². The largest absolute Gasteiger partial charge is 0.444 e. The molecule has 1 aromatic rings. The van der Waals surface area contributed by atoms with Crippen LogP contribution in [-0.2, 0) is 4.84 Å². The van der Waals surface area contributed by atoms with Crippen molar-refractivity contribution in [2.75, 3.05) is 13.2 Å². The van der Waals surface area contributed by atoms with Gasteiger partial charge in [-0.15, -0.1) is 6.58 Å². The number of hydrogen-bond acceptors (Lipinski definition) is 4. The Labute approximate surface area is 117 Å². The average Bonchev–Trinajstić information content (AvgIpc) is 3.08. The molecular formula is C14H17N3O3. The first-order chi connectivity index (χ1) is 9.76. The van der Waals surface area contributed by atoms with E-state index >= 15 is 0 Å². The van der Waals surface area contributed by atoms with Crippen LogP contribution in [0.5, 0.6) is 0 Å². The van der Waals surface area contributed by atoms with Gasteiger partial charge in [-0.3, -0.25) is 4.84 Å². The van der Waals surface area contributed by atoms with Gasteiger partial charge in [0, 0.05) is 5.57 Å². The van der Waals surface area contributed by atoms with Crippen molar-refractivity contribution in [1.29, 1.82) is 0 Å². The van der Waals surface area contributed by atoms with E-state index in [0.29, 0.717) is 18.9 Å². The fraction of sp³-hybridized carbons (Fsp3) is 0.429. The van der Waals surface area contributed by atoms with Crippen LogP contribution in [0.4, 0.5) is 4.79 Å². The molecule has 3 rings (SSSR count). The summed E-state index contributed by atoms with van der Waals surface area (Å²) >= 11 is 0. The van der Waals surface area contributed by atoms with Gasteiger partial charge in [0.05, 0.1) is 25.4 Å². The maximum Gasteiger partial charge on any atom is 0.345 e. The molecule has 0 N–H and O–H groups in total. The fourth-order valence-electron chi connectivity index (χ4n) is 2.73. The Balaban J connectivity index is 1.95. The van der Waals surface area contributed by atoms with Gasteiger partial charge >= 0.3 is 6.03 Å². The molecule has 20 heavy (non-hydrogen) atoms. The first-order valence-corrected chi connectivity index (χ1v) is 6.70. The summed E-state index contributed by atoms with van der Waals surface area (Å²) in [6.45, 7) is 6.58. The topological polar surface area (TPSA) is 58.8 Å². The number of hydrogen-bond donors (Lipinski definition) is 0. The lowest BCUT2D eigenvalue weighted by Crippen LogP contribution is -2.38. The normalized spacial score (nSPS) is 25.1. The molecule has 2 bridgehead atoms. The molecule has 2 aliphatic heterocycles. The molecular weight excluding hydrogens is 258 g/mol. The van der Waals surface area contributed by atoms with Crippen LogP contribution in [0.2, 0.25) is 0 Å². The molecule has 1 fully saturated rings. The predicted octanol–water partition coefficient (Wildman–Crippen LogP) is 2.07. The molecule has 0 spiro atoms. The summed E-state index contributed by atoms with van der Waals surface area (Å²) in [7, 11) is 0. The minimum Gasteiger partial charge on any atom is -0.444 e. The highest BCUT2D eigenvalue weighted by molar-refractivity contribution is 5.84. The molecule has 6 heteroatoms. The number of amides is 2. The highest BCUT2D eigenvalue weighted by Gasteiger charge is 2.47. The highest BCUT2D eigenvalue weighted by Crippen LogP contribution is 2.36. The van der Waals surface area contributed by atoms with Crippen LogP contribution >= 0.6 is 0 Å². The Morgan fingerprint density at radius 2 is 2.50 bits per heavy atom. The minimum absolute atomic E-state index is 0.0659. The molecule has 1 unspecified atom stereocenters. The lowest BCUT2D eigenvalue weighted by atomic mass is 9.97. The number of fused-ring (bicyclic) bond motifs is 2. The molecule has 2 amide bonds. The number of nitrogens with zero attached hydrogens (tertiary/aromatic N) is 3. The van der Waals surface area contributed by atoms with Gasteiger partial charge in [0.1, 0.15) is 6.04 Å². The maximum atomic E-state index is 12.4. The Kier molecular flexibility index (Phi) is 3.31. The van der Waals surface area contributed by atoms with Crippen molar-refractivity contribution in [3.63, 3.8) is 0 Å². The zero-order valence-electron chi connectivity index (χ0n) is 11.4. The zero-order valence-corrected chi connectivity index (χ0v) is 11.4. The van der Waals surface area contributed by atoms with E-state index in [-0.39, 0.29) is 18.1 Å². The summed E-state index contributed by atoms with van der Waals surface area (Å²) in [6.07, 6.45) is 7.62. The highest BCUT2D eigenvalue weighted by atomic mass is 16.7. The van der Waals surface area contributed by atoms with Crippen LogP contribution in [0.15, 0.2) is 35.7 Å². The van der Waals surface area contributed by atoms with Gasteiger partial charge in [0.15, 0.2) is 12.2 Å². The Hall–Kier alpha value is -2.08. The number of rotatable bonds is 5. The minimum atomic E-state index is -0.154. The van der Waals surface area contributed by atoms with E-state index in [1.54, 1.807) is 12.3 Å². The van der Waals surface area contributed by atoms with Crippen molar-refractivity contribution in [1.82, 2.24) is 14.9 Å². The van der Waals surface area contributed by atoms with Crippen molar-refractivity contribution >= 4 is 11.6 Å². The molecule has 2 aliphatic rings. The molecule has 1 saturated heterocycles. The van der Waals surface area contributed by atoms with Gasteiger partial charge < -0.3 is 9.32 Å². The summed E-state index contributed by atoms with van der Waals surface area (Å²) < 4.78 is 5.39. The Bertz CT molecular complexity index is 538. The van der Waals surface area contributed by atoms with Crippen LogP contribution < -0.4 is 0 Å². The van der Waals surface area contributed by atoms with Crippen molar-refractivity contribution in [2.24, 2.45) is 0 Å². The van der Waals surface area contributed by atoms with E-state index in [1.807, 2.05) is 4.90 Å². The number of urea groups is 1. The van der Waals surface area contributed by atoms with Crippen molar-refractivity contribution in [3.05, 3.63) is 37.1 Å². The van der Waals surface area contributed by atoms with Crippen LogP contribution in [0.25, 0.3) is 5.57 Å². The summed E-state index contributed by atoms with van der Waals surface area (Å²) in [4.78, 5) is 23.7. The third-order valence-electron chi connectivity index (χ3n) is 3.68. The summed E-state index contributed by atoms with van der Waals surface area (Å²) in [5, 5.41) is 1.42. The number of hydroxylamine groups is 2. The van der Waals surface area contributed by atoms with E-state index in [1.165, 1.54) is 11.5 Å². The Morgan fingerprint density at radius 3 is 3.15 bits per heavy atom. The van der Waals surface area contributed by atoms with E-state index in [4.69, 9.17) is 9.25 Å². The molecule has 1 aromatic heterocycles. The number of aromatic nitrogens is 1. The predicted molar refractivity (Wildman–Crippen MR) is 72.4 cm³/mol. The number of carbonyl (C=O) groups excluding carboxylic acids is 1. The number of oxazole rings is 1. The third-order valence-corrected chi connectivity index (χ3v) is 3.68. The second-order valence-corrected chi connectivity index (χ2v) is 4.82. The van der Waals surface area contributed by atoms with Crippen LogP contribution in [0, 0.1) is 0 Å². The maximum absolute atomic E-state index is 12.4. The van der Waals surface area contributed by atoms with E-state index in [9.17, 15) is 4.79 Å². The smallest absolute Gasteiger partial charge is 0.345 e. The number of carbonyl (C=O) groups is 1. The lowest BCUT2D eigenvalue weighted by molar-refractivity contribution is -0.106. The molecule has 106 valence electrons. The summed E-state index contributed by atoms with van der Waals surface area (Å²) in [6, 6.07) is -0.191. The van der Waals surface area contributed by atoms with E-state index in [0.717, 1.165) is 12.0 Å². The zero-order chi connectivity index (χ0) is 14.1. The molecule has 0 aromatic carbocycles. The second-order valence-electron chi connectivity index (χ2n) is 4.82. The van der Waals surface area contributed by atoms with E-state index in [2.05, 4.69) is 24.6 Å². The van der Waals surface area contributed by atoms with Gasteiger partial charge in [-0.1, -0.05) is 19.1 Å². The molecule has 2 atom stereocenters. The van der Waals surface area contributed by atoms with Crippen LogP contribution in [-0.4, -0.2) is 46.2 Å². The molecule has 0 saturated carbocycles. The summed E-state index contributed by atoms with van der Waals surface area (Å²) in [5.41, 5.74) is 0.959. The molecule has 0 radical (unpaired) electrons. The van der Waals surface area contributed by atoms with Crippen molar-refractivity contribution < 1.29 is 14.0 Å². The molecule has 3 heterocycles. The van der Waals surface area contributed by atoms with Gasteiger partial charge in [-0.2, -0.15) is 5.06 Å². The fourth-order valence-corrected chi connectivity index (χ4v) is 2.73. The summed E-state index contributed by atoms with van der Waals surface area (Å²) in [5.74, 6) is 0.690. The quantitative estimate of drug-likeness (QED) is 0.772. The molecule has 6 nitrogen and oxygen atoms in total. The Morgan fingerprint density at radius 1 is 1.65 bits per heavy atom. The third kappa shape index (κ3) is 1.92. The van der Waals surface area contributed by atoms with Crippen molar-refractivity contribution in [2.45, 2.75) is 25.4 Å². The van der Waals surface area contributed by atoms with E-state index < -0.39 is 0 Å². The molecule has 0 aliphatic carbocycles. The lowest BCUT2D eigenvalue weighted by Gasteiger charge is -2.27. The van der Waals surface area contributed by atoms with Gasteiger partial charge in [-0.25, -0.2) is 9.78 Å². The van der Waals surface area contributed by atoms with Gasteiger partial charge in [0.25, 0.3) is 0 Å². The first kappa shape index (κ1) is 12.9. The SMILES string of the molecule is C=CCON1C(=O)N2CC1C(c1cnco1)=C[C@H]2CC. The average molecular weight is 275 g/mol. The first-order valence-electron chi connectivity index (χ1n) is 6.70. The second kappa shape index (κ2) is 5.13.